The smallest absolute Gasteiger partial charge is 0.230 e. The van der Waals surface area contributed by atoms with Crippen LogP contribution in [0, 0.1) is 5.92 Å². The largest absolute Gasteiger partial charge is 0.381 e. The van der Waals surface area contributed by atoms with Gasteiger partial charge in [-0.05, 0) is 62.1 Å². The standard InChI is InChI=1S/C26H31N3O2/c30-25(26(14-16-31-17-15-26)21-6-2-1-3-7-21)27-18-19-10-12-20(13-11-19)24-28-22-8-4-5-9-23(22)29-24/h1-9,19-20H,10-18H2,(H,27,30)(H,28,29). The monoisotopic (exact) mass is 417 g/mol. The number of aromatic amines is 1. The Balaban J connectivity index is 1.19. The number of ether oxygens (including phenoxy) is 1. The number of H-pyrrole nitrogens is 1. The molecule has 2 aliphatic rings. The summed E-state index contributed by atoms with van der Waals surface area (Å²) in [6, 6.07) is 18.5. The number of imidazole rings is 1. The molecule has 0 atom stereocenters. The van der Waals surface area contributed by atoms with Crippen molar-refractivity contribution in [2.75, 3.05) is 19.8 Å². The van der Waals surface area contributed by atoms with E-state index in [0.29, 0.717) is 25.0 Å². The number of aromatic nitrogens is 2. The van der Waals surface area contributed by atoms with Gasteiger partial charge in [-0.1, -0.05) is 42.5 Å². The van der Waals surface area contributed by atoms with Gasteiger partial charge >= 0.3 is 0 Å². The van der Waals surface area contributed by atoms with Crippen LogP contribution >= 0.6 is 0 Å². The normalized spacial score (nSPS) is 23.5. The molecule has 31 heavy (non-hydrogen) atoms. The number of nitrogens with zero attached hydrogens (tertiary/aromatic N) is 1. The molecule has 1 aliphatic heterocycles. The summed E-state index contributed by atoms with van der Waals surface area (Å²) in [6.07, 6.45) is 6.01. The summed E-state index contributed by atoms with van der Waals surface area (Å²) in [6.45, 7) is 2.05. The van der Waals surface area contributed by atoms with Gasteiger partial charge in [0.05, 0.1) is 16.4 Å². The Bertz CT molecular complexity index is 982. The molecule has 5 nitrogen and oxygen atoms in total. The lowest BCUT2D eigenvalue weighted by Crippen LogP contribution is -2.49. The van der Waals surface area contributed by atoms with Crippen LogP contribution in [0.1, 0.15) is 55.8 Å². The average molecular weight is 418 g/mol. The number of carbonyl (C=O) groups excluding carboxylic acids is 1. The van der Waals surface area contributed by atoms with Crippen LogP contribution < -0.4 is 5.32 Å². The van der Waals surface area contributed by atoms with Gasteiger partial charge in [-0.25, -0.2) is 4.98 Å². The van der Waals surface area contributed by atoms with Gasteiger partial charge in [0.25, 0.3) is 0 Å². The van der Waals surface area contributed by atoms with Crippen LogP contribution in [0.15, 0.2) is 54.6 Å². The topological polar surface area (TPSA) is 67.0 Å². The van der Waals surface area contributed by atoms with Crippen molar-refractivity contribution in [1.82, 2.24) is 15.3 Å². The summed E-state index contributed by atoms with van der Waals surface area (Å²) in [5, 5.41) is 3.32. The summed E-state index contributed by atoms with van der Waals surface area (Å²) in [5.74, 6) is 2.32. The van der Waals surface area contributed by atoms with E-state index in [0.717, 1.165) is 67.5 Å². The van der Waals surface area contributed by atoms with Crippen molar-refractivity contribution in [3.05, 3.63) is 66.0 Å². The number of amides is 1. The molecule has 0 radical (unpaired) electrons. The zero-order valence-corrected chi connectivity index (χ0v) is 18.0. The summed E-state index contributed by atoms with van der Waals surface area (Å²) >= 11 is 0. The molecule has 1 amide bonds. The maximum atomic E-state index is 13.4. The number of hydrogen-bond donors (Lipinski definition) is 2. The van der Waals surface area contributed by atoms with Gasteiger partial charge in [-0.2, -0.15) is 0 Å². The molecule has 162 valence electrons. The predicted octanol–water partition coefficient (Wildman–Crippen LogP) is 4.70. The van der Waals surface area contributed by atoms with Gasteiger partial charge in [0.2, 0.25) is 5.91 Å². The van der Waals surface area contributed by atoms with Gasteiger partial charge in [0, 0.05) is 25.7 Å². The number of carbonyl (C=O) groups is 1. The van der Waals surface area contributed by atoms with E-state index in [2.05, 4.69) is 34.6 Å². The highest BCUT2D eigenvalue weighted by Gasteiger charge is 2.41. The van der Waals surface area contributed by atoms with Crippen molar-refractivity contribution < 1.29 is 9.53 Å². The van der Waals surface area contributed by atoms with E-state index in [-0.39, 0.29) is 5.91 Å². The van der Waals surface area contributed by atoms with Crippen molar-refractivity contribution in [2.24, 2.45) is 5.92 Å². The summed E-state index contributed by atoms with van der Waals surface area (Å²) < 4.78 is 5.58. The molecule has 0 unspecified atom stereocenters. The van der Waals surface area contributed by atoms with Crippen molar-refractivity contribution in [3.63, 3.8) is 0 Å². The lowest BCUT2D eigenvalue weighted by atomic mass is 9.73. The molecule has 0 bridgehead atoms. The molecule has 0 spiro atoms. The molecule has 3 aromatic rings. The Kier molecular flexibility index (Phi) is 5.77. The van der Waals surface area contributed by atoms with Crippen LogP contribution in [0.2, 0.25) is 0 Å². The lowest BCUT2D eigenvalue weighted by molar-refractivity contribution is -0.130. The van der Waals surface area contributed by atoms with E-state index < -0.39 is 5.41 Å². The molecule has 1 saturated heterocycles. The first-order valence-corrected chi connectivity index (χ1v) is 11.6. The number of nitrogens with one attached hydrogen (secondary N) is 2. The second-order valence-corrected chi connectivity index (χ2v) is 9.13. The highest BCUT2D eigenvalue weighted by molar-refractivity contribution is 5.88. The van der Waals surface area contributed by atoms with Crippen molar-refractivity contribution in [2.45, 2.75) is 49.9 Å². The number of rotatable bonds is 5. The van der Waals surface area contributed by atoms with Crippen molar-refractivity contribution in [3.8, 4) is 0 Å². The highest BCUT2D eigenvalue weighted by atomic mass is 16.5. The first-order chi connectivity index (χ1) is 15.2. The number of hydrogen-bond acceptors (Lipinski definition) is 3. The summed E-state index contributed by atoms with van der Waals surface area (Å²) in [4.78, 5) is 21.7. The summed E-state index contributed by atoms with van der Waals surface area (Å²) in [7, 11) is 0. The SMILES string of the molecule is O=C(NCC1CCC(c2nc3ccccc3[nH]2)CC1)C1(c2ccccc2)CCOCC1. The first-order valence-electron chi connectivity index (χ1n) is 11.6. The zero-order valence-electron chi connectivity index (χ0n) is 18.0. The average Bonchev–Trinajstić information content (AvgIpc) is 3.28. The minimum Gasteiger partial charge on any atom is -0.381 e. The van der Waals surface area contributed by atoms with Gasteiger partial charge in [-0.3, -0.25) is 4.79 Å². The van der Waals surface area contributed by atoms with Crippen LogP contribution in [-0.4, -0.2) is 35.6 Å². The predicted molar refractivity (Wildman–Crippen MR) is 122 cm³/mol. The Morgan fingerprint density at radius 1 is 1.00 bits per heavy atom. The minimum absolute atomic E-state index is 0.168. The molecule has 2 aromatic carbocycles. The van der Waals surface area contributed by atoms with Crippen LogP contribution in [0.25, 0.3) is 11.0 Å². The molecule has 2 heterocycles. The Morgan fingerprint density at radius 2 is 1.71 bits per heavy atom. The molecule has 1 saturated carbocycles. The zero-order chi connectivity index (χ0) is 21.1. The molecule has 5 rings (SSSR count). The fourth-order valence-corrected chi connectivity index (χ4v) is 5.34. The minimum atomic E-state index is -0.453. The maximum absolute atomic E-state index is 13.4. The Hall–Kier alpha value is -2.66. The van der Waals surface area contributed by atoms with E-state index >= 15 is 0 Å². The first kappa shape index (κ1) is 20.3. The fraction of sp³-hybridized carbons (Fsp3) is 0.462. The third kappa shape index (κ3) is 4.11. The second-order valence-electron chi connectivity index (χ2n) is 9.13. The van der Waals surface area contributed by atoms with Gasteiger partial charge in [-0.15, -0.1) is 0 Å². The van der Waals surface area contributed by atoms with Crippen molar-refractivity contribution in [1.29, 1.82) is 0 Å². The molecule has 2 N–H and O–H groups in total. The summed E-state index contributed by atoms with van der Waals surface area (Å²) in [5.41, 5.74) is 2.83. The van der Waals surface area contributed by atoms with E-state index in [1.807, 2.05) is 30.3 Å². The molecule has 1 aromatic heterocycles. The van der Waals surface area contributed by atoms with Crippen LogP contribution in [0.5, 0.6) is 0 Å². The fourth-order valence-electron chi connectivity index (χ4n) is 5.34. The highest BCUT2D eigenvalue weighted by Crippen LogP contribution is 2.37. The molecule has 2 fully saturated rings. The van der Waals surface area contributed by atoms with E-state index in [9.17, 15) is 4.79 Å². The van der Waals surface area contributed by atoms with Gasteiger partial charge in [0.15, 0.2) is 0 Å². The second kappa shape index (κ2) is 8.83. The van der Waals surface area contributed by atoms with Gasteiger partial charge < -0.3 is 15.0 Å². The molecule has 5 heteroatoms. The number of para-hydroxylation sites is 2. The Morgan fingerprint density at radius 3 is 2.45 bits per heavy atom. The van der Waals surface area contributed by atoms with E-state index in [4.69, 9.17) is 9.72 Å². The van der Waals surface area contributed by atoms with Crippen LogP contribution in [-0.2, 0) is 14.9 Å². The van der Waals surface area contributed by atoms with E-state index in [1.165, 1.54) is 0 Å². The number of benzene rings is 2. The third-order valence-corrected chi connectivity index (χ3v) is 7.30. The van der Waals surface area contributed by atoms with E-state index in [1.54, 1.807) is 0 Å². The molecular weight excluding hydrogens is 386 g/mol. The Labute approximate surface area is 183 Å². The van der Waals surface area contributed by atoms with Crippen molar-refractivity contribution >= 4 is 16.9 Å². The molecule has 1 aliphatic carbocycles. The van der Waals surface area contributed by atoms with Crippen LogP contribution in [0.3, 0.4) is 0 Å². The maximum Gasteiger partial charge on any atom is 0.230 e. The lowest BCUT2D eigenvalue weighted by Gasteiger charge is -2.37. The van der Waals surface area contributed by atoms with Gasteiger partial charge in [0.1, 0.15) is 5.82 Å². The molecular formula is C26H31N3O2. The quantitative estimate of drug-likeness (QED) is 0.632. The number of fused-ring (bicyclic) bond motifs is 1. The third-order valence-electron chi connectivity index (χ3n) is 7.30. The van der Waals surface area contributed by atoms with Crippen LogP contribution in [0.4, 0.5) is 0 Å².